The van der Waals surface area contributed by atoms with Gasteiger partial charge in [-0.1, -0.05) is 6.07 Å². The molecule has 1 rings (SSSR count). The molecule has 1 amide bonds. The van der Waals surface area contributed by atoms with E-state index in [0.717, 1.165) is 0 Å². The Hall–Kier alpha value is -2.08. The van der Waals surface area contributed by atoms with Gasteiger partial charge in [-0.3, -0.25) is 4.79 Å². The molecule has 110 valence electrons. The third kappa shape index (κ3) is 5.27. The van der Waals surface area contributed by atoms with E-state index in [2.05, 4.69) is 5.32 Å². The van der Waals surface area contributed by atoms with Crippen molar-refractivity contribution in [1.29, 1.82) is 0 Å². The Labute approximate surface area is 117 Å². The number of aliphatic hydroxyl groups is 1. The average molecular weight is 281 g/mol. The van der Waals surface area contributed by atoms with E-state index < -0.39 is 18.1 Å². The molecule has 0 heterocycles. The largest absolute Gasteiger partial charge is 0.482 e. The minimum absolute atomic E-state index is 0.0188. The number of amides is 1. The molecule has 3 N–H and O–H groups in total. The summed E-state index contributed by atoms with van der Waals surface area (Å²) in [6.07, 6.45) is 0.438. The van der Waals surface area contributed by atoms with Crippen LogP contribution in [0.4, 0.5) is 0 Å². The van der Waals surface area contributed by atoms with Crippen LogP contribution in [0.5, 0.6) is 5.75 Å². The number of carboxylic acids is 1. The molecule has 0 saturated carbocycles. The zero-order chi connectivity index (χ0) is 15.2. The molecule has 0 aliphatic carbocycles. The van der Waals surface area contributed by atoms with Crippen LogP contribution in [-0.2, 0) is 4.79 Å². The first kappa shape index (κ1) is 16.0. The predicted molar refractivity (Wildman–Crippen MR) is 72.8 cm³/mol. The quantitative estimate of drug-likeness (QED) is 0.694. The number of aliphatic carboxylic acids is 1. The molecule has 1 aromatic rings. The fraction of sp³-hybridized carbons (Fsp3) is 0.429. The van der Waals surface area contributed by atoms with Gasteiger partial charge in [0, 0.05) is 17.7 Å². The lowest BCUT2D eigenvalue weighted by molar-refractivity contribution is -0.139. The third-order valence-electron chi connectivity index (χ3n) is 2.65. The van der Waals surface area contributed by atoms with Crippen molar-refractivity contribution in [1.82, 2.24) is 5.32 Å². The molecule has 0 saturated heterocycles. The van der Waals surface area contributed by atoms with Crippen LogP contribution >= 0.6 is 0 Å². The number of carbonyl (C=O) groups excluding carboxylic acids is 1. The van der Waals surface area contributed by atoms with Crippen LogP contribution in [0, 0.1) is 0 Å². The summed E-state index contributed by atoms with van der Waals surface area (Å²) in [6.45, 7) is 3.15. The molecule has 0 radical (unpaired) electrons. The number of rotatable bonds is 7. The van der Waals surface area contributed by atoms with E-state index in [0.29, 0.717) is 17.7 Å². The lowest BCUT2D eigenvalue weighted by atomic mass is 10.0. The van der Waals surface area contributed by atoms with Gasteiger partial charge in [0.15, 0.2) is 6.61 Å². The second-order valence-corrected chi connectivity index (χ2v) is 5.02. The van der Waals surface area contributed by atoms with Gasteiger partial charge in [0.1, 0.15) is 5.75 Å². The lowest BCUT2D eigenvalue weighted by Gasteiger charge is -2.25. The van der Waals surface area contributed by atoms with Gasteiger partial charge < -0.3 is 20.3 Å². The topological polar surface area (TPSA) is 95.9 Å². The number of ether oxygens (including phenoxy) is 1. The summed E-state index contributed by atoms with van der Waals surface area (Å²) in [5.74, 6) is -1.06. The highest BCUT2D eigenvalue weighted by Crippen LogP contribution is 2.15. The summed E-state index contributed by atoms with van der Waals surface area (Å²) in [5, 5.41) is 20.3. The molecule has 6 heteroatoms. The van der Waals surface area contributed by atoms with Gasteiger partial charge in [0.2, 0.25) is 0 Å². The Morgan fingerprint density at radius 1 is 1.35 bits per heavy atom. The molecule has 0 aromatic heterocycles. The minimum atomic E-state index is -1.08. The predicted octanol–water partition coefficient (Wildman–Crippen LogP) is 1.04. The maximum Gasteiger partial charge on any atom is 0.341 e. The van der Waals surface area contributed by atoms with Gasteiger partial charge in [-0.05, 0) is 38.5 Å². The zero-order valence-corrected chi connectivity index (χ0v) is 11.5. The number of hydrogen-bond acceptors (Lipinski definition) is 4. The fourth-order valence-electron chi connectivity index (χ4n) is 1.59. The van der Waals surface area contributed by atoms with Crippen molar-refractivity contribution in [2.45, 2.75) is 25.8 Å². The molecule has 0 aliphatic rings. The molecule has 0 bridgehead atoms. The summed E-state index contributed by atoms with van der Waals surface area (Å²) in [5.41, 5.74) is -0.150. The van der Waals surface area contributed by atoms with Crippen molar-refractivity contribution in [3.05, 3.63) is 29.8 Å². The highest BCUT2D eigenvalue weighted by molar-refractivity contribution is 5.95. The molecular formula is C14H19NO5. The van der Waals surface area contributed by atoms with E-state index in [4.69, 9.17) is 14.9 Å². The first-order valence-corrected chi connectivity index (χ1v) is 6.22. The number of benzene rings is 1. The Balaban J connectivity index is 2.73. The van der Waals surface area contributed by atoms with Gasteiger partial charge in [-0.2, -0.15) is 0 Å². The SMILES string of the molecule is CC(C)(CCO)NC(=O)c1cccc(OCC(=O)O)c1. The summed E-state index contributed by atoms with van der Waals surface area (Å²) in [6, 6.07) is 6.29. The van der Waals surface area contributed by atoms with Crippen molar-refractivity contribution in [3.63, 3.8) is 0 Å². The van der Waals surface area contributed by atoms with E-state index in [1.165, 1.54) is 6.07 Å². The number of carboxylic acid groups (broad SMARTS) is 1. The highest BCUT2D eigenvalue weighted by Gasteiger charge is 2.20. The van der Waals surface area contributed by atoms with Crippen LogP contribution in [0.15, 0.2) is 24.3 Å². The number of hydrogen-bond donors (Lipinski definition) is 3. The van der Waals surface area contributed by atoms with Gasteiger partial charge in [0.05, 0.1) is 0 Å². The molecular weight excluding hydrogens is 262 g/mol. The number of nitrogens with one attached hydrogen (secondary N) is 1. The van der Waals surface area contributed by atoms with E-state index in [1.54, 1.807) is 18.2 Å². The van der Waals surface area contributed by atoms with E-state index in [-0.39, 0.29) is 12.5 Å². The van der Waals surface area contributed by atoms with Crippen LogP contribution in [0.3, 0.4) is 0 Å². The van der Waals surface area contributed by atoms with Crippen molar-refractivity contribution in [2.24, 2.45) is 0 Å². The van der Waals surface area contributed by atoms with Crippen LogP contribution in [0.1, 0.15) is 30.6 Å². The molecule has 0 atom stereocenters. The minimum Gasteiger partial charge on any atom is -0.482 e. The molecule has 0 spiro atoms. The van der Waals surface area contributed by atoms with Crippen LogP contribution < -0.4 is 10.1 Å². The second-order valence-electron chi connectivity index (χ2n) is 5.02. The van der Waals surface area contributed by atoms with Gasteiger partial charge in [-0.15, -0.1) is 0 Å². The normalized spacial score (nSPS) is 10.9. The van der Waals surface area contributed by atoms with Crippen molar-refractivity contribution in [2.75, 3.05) is 13.2 Å². The van der Waals surface area contributed by atoms with Crippen molar-refractivity contribution >= 4 is 11.9 Å². The lowest BCUT2D eigenvalue weighted by Crippen LogP contribution is -2.44. The molecule has 0 unspecified atom stereocenters. The average Bonchev–Trinajstić information content (AvgIpc) is 2.36. The Morgan fingerprint density at radius 2 is 2.05 bits per heavy atom. The van der Waals surface area contributed by atoms with Gasteiger partial charge in [0.25, 0.3) is 5.91 Å². The number of aliphatic hydroxyl groups excluding tert-OH is 1. The standard InChI is InChI=1S/C14H19NO5/c1-14(2,6-7-16)15-13(19)10-4-3-5-11(8-10)20-9-12(17)18/h3-5,8,16H,6-7,9H2,1-2H3,(H,15,19)(H,17,18). The first-order chi connectivity index (χ1) is 9.34. The maximum absolute atomic E-state index is 12.1. The van der Waals surface area contributed by atoms with Gasteiger partial charge in [-0.25, -0.2) is 4.79 Å². The third-order valence-corrected chi connectivity index (χ3v) is 2.65. The van der Waals surface area contributed by atoms with Crippen LogP contribution in [-0.4, -0.2) is 40.8 Å². The fourth-order valence-corrected chi connectivity index (χ4v) is 1.59. The van der Waals surface area contributed by atoms with Crippen LogP contribution in [0.2, 0.25) is 0 Å². The molecule has 0 aliphatic heterocycles. The van der Waals surface area contributed by atoms with E-state index >= 15 is 0 Å². The Kier molecular flexibility index (Phi) is 5.52. The van der Waals surface area contributed by atoms with Crippen molar-refractivity contribution < 1.29 is 24.5 Å². The smallest absolute Gasteiger partial charge is 0.341 e. The summed E-state index contributed by atoms with van der Waals surface area (Å²) in [4.78, 5) is 22.5. The molecule has 20 heavy (non-hydrogen) atoms. The first-order valence-electron chi connectivity index (χ1n) is 6.22. The second kappa shape index (κ2) is 6.91. The van der Waals surface area contributed by atoms with Crippen molar-refractivity contribution in [3.8, 4) is 5.75 Å². The molecule has 1 aromatic carbocycles. The zero-order valence-electron chi connectivity index (χ0n) is 11.5. The summed E-state index contributed by atoms with van der Waals surface area (Å²) < 4.78 is 5.02. The number of carbonyl (C=O) groups is 2. The molecule has 0 fully saturated rings. The van der Waals surface area contributed by atoms with E-state index in [1.807, 2.05) is 13.8 Å². The Morgan fingerprint density at radius 3 is 2.65 bits per heavy atom. The summed E-state index contributed by atoms with van der Waals surface area (Å²) >= 11 is 0. The summed E-state index contributed by atoms with van der Waals surface area (Å²) in [7, 11) is 0. The van der Waals surface area contributed by atoms with Crippen LogP contribution in [0.25, 0.3) is 0 Å². The maximum atomic E-state index is 12.1. The Bertz CT molecular complexity index is 484. The van der Waals surface area contributed by atoms with E-state index in [9.17, 15) is 9.59 Å². The molecule has 6 nitrogen and oxygen atoms in total. The van der Waals surface area contributed by atoms with Gasteiger partial charge >= 0.3 is 5.97 Å². The monoisotopic (exact) mass is 281 g/mol. The highest BCUT2D eigenvalue weighted by atomic mass is 16.5.